The first-order chi connectivity index (χ1) is 12.4. The van der Waals surface area contributed by atoms with Crippen molar-refractivity contribution in [1.29, 1.82) is 0 Å². The van der Waals surface area contributed by atoms with Crippen LogP contribution < -0.4 is 4.74 Å². The highest BCUT2D eigenvalue weighted by molar-refractivity contribution is 5.77. The van der Waals surface area contributed by atoms with E-state index in [0.717, 1.165) is 38.2 Å². The average molecular weight is 367 g/mol. The van der Waals surface area contributed by atoms with E-state index in [0.29, 0.717) is 18.5 Å². The zero-order chi connectivity index (χ0) is 18.7. The summed E-state index contributed by atoms with van der Waals surface area (Å²) in [5.74, 6) is 0.909. The molecule has 3 aliphatic heterocycles. The summed E-state index contributed by atoms with van der Waals surface area (Å²) in [6.07, 6.45) is 2.35. The molecule has 3 aliphatic rings. The standard InChI is InChI=1S/C19H27F2N3O2/c1-22(2)18(25)13-23-9-15-3-6-16(12-23)24(11-15)10-14-4-7-17(8-5-14)26-19(20)21/h4-5,7-8,15-16,19H,3,6,9-13H2,1-2H3/t15-,16+/m1/s1. The van der Waals surface area contributed by atoms with E-state index < -0.39 is 6.61 Å². The van der Waals surface area contributed by atoms with Gasteiger partial charge in [-0.3, -0.25) is 14.6 Å². The molecule has 5 nitrogen and oxygen atoms in total. The zero-order valence-corrected chi connectivity index (χ0v) is 15.4. The number of amides is 1. The summed E-state index contributed by atoms with van der Waals surface area (Å²) in [5, 5.41) is 0. The predicted molar refractivity (Wildman–Crippen MR) is 95.1 cm³/mol. The largest absolute Gasteiger partial charge is 0.435 e. The number of halogens is 2. The van der Waals surface area contributed by atoms with E-state index in [2.05, 4.69) is 14.5 Å². The minimum absolute atomic E-state index is 0.146. The molecule has 1 aromatic rings. The SMILES string of the molecule is CN(C)C(=O)CN1C[C@H]2CC[C@@H](C1)N(Cc1ccc(OC(F)F)cc1)C2. The lowest BCUT2D eigenvalue weighted by Gasteiger charge is -2.36. The minimum atomic E-state index is -2.79. The maximum absolute atomic E-state index is 12.3. The molecule has 0 N–H and O–H groups in total. The van der Waals surface area contributed by atoms with Crippen LogP contribution in [0.4, 0.5) is 8.78 Å². The number of carbonyl (C=O) groups is 1. The monoisotopic (exact) mass is 367 g/mol. The van der Waals surface area contributed by atoms with Crippen molar-refractivity contribution in [2.24, 2.45) is 5.92 Å². The number of fused-ring (bicyclic) bond motifs is 4. The van der Waals surface area contributed by atoms with Gasteiger partial charge in [-0.05, 0) is 36.5 Å². The van der Waals surface area contributed by atoms with Gasteiger partial charge in [-0.25, -0.2) is 0 Å². The Morgan fingerprint density at radius 3 is 2.58 bits per heavy atom. The Labute approximate surface area is 153 Å². The summed E-state index contributed by atoms with van der Waals surface area (Å²) >= 11 is 0. The number of hydrogen-bond donors (Lipinski definition) is 0. The van der Waals surface area contributed by atoms with E-state index >= 15 is 0 Å². The Bertz CT molecular complexity index is 609. The number of ether oxygens (including phenoxy) is 1. The van der Waals surface area contributed by atoms with Gasteiger partial charge in [-0.2, -0.15) is 8.78 Å². The molecule has 3 saturated heterocycles. The maximum atomic E-state index is 12.3. The number of carbonyl (C=O) groups excluding carboxylic acids is 1. The molecular formula is C19H27F2N3O2. The lowest BCUT2D eigenvalue weighted by atomic mass is 9.94. The molecule has 7 heteroatoms. The van der Waals surface area contributed by atoms with Crippen molar-refractivity contribution in [3.8, 4) is 5.75 Å². The van der Waals surface area contributed by atoms with E-state index in [1.54, 1.807) is 31.1 Å². The highest BCUT2D eigenvalue weighted by Gasteiger charge is 2.35. The van der Waals surface area contributed by atoms with Crippen molar-refractivity contribution in [2.75, 3.05) is 40.3 Å². The van der Waals surface area contributed by atoms with Crippen molar-refractivity contribution in [2.45, 2.75) is 32.0 Å². The Hall–Kier alpha value is -1.73. The number of nitrogens with zero attached hydrogens (tertiary/aromatic N) is 3. The third-order valence-corrected chi connectivity index (χ3v) is 5.29. The molecule has 2 bridgehead atoms. The van der Waals surface area contributed by atoms with Gasteiger partial charge in [0.1, 0.15) is 5.75 Å². The molecule has 3 fully saturated rings. The summed E-state index contributed by atoms with van der Waals surface area (Å²) in [5.41, 5.74) is 1.09. The van der Waals surface area contributed by atoms with Gasteiger partial charge < -0.3 is 9.64 Å². The molecule has 3 heterocycles. The Kier molecular flexibility index (Phi) is 6.09. The second-order valence-electron chi connectivity index (χ2n) is 7.53. The maximum Gasteiger partial charge on any atom is 0.387 e. The van der Waals surface area contributed by atoms with Crippen LogP contribution in [0.5, 0.6) is 5.75 Å². The molecule has 144 valence electrons. The first-order valence-corrected chi connectivity index (χ1v) is 9.11. The van der Waals surface area contributed by atoms with Gasteiger partial charge in [-0.1, -0.05) is 12.1 Å². The summed E-state index contributed by atoms with van der Waals surface area (Å²) in [4.78, 5) is 18.4. The van der Waals surface area contributed by atoms with E-state index in [1.165, 1.54) is 6.42 Å². The fraction of sp³-hybridized carbons (Fsp3) is 0.632. The van der Waals surface area contributed by atoms with Gasteiger partial charge in [0.15, 0.2) is 0 Å². The van der Waals surface area contributed by atoms with Crippen molar-refractivity contribution < 1.29 is 18.3 Å². The van der Waals surface area contributed by atoms with Crippen LogP contribution in [0.3, 0.4) is 0 Å². The number of alkyl halides is 2. The van der Waals surface area contributed by atoms with Gasteiger partial charge >= 0.3 is 6.61 Å². The first-order valence-electron chi connectivity index (χ1n) is 9.11. The third-order valence-electron chi connectivity index (χ3n) is 5.29. The van der Waals surface area contributed by atoms with Crippen LogP contribution >= 0.6 is 0 Å². The van der Waals surface area contributed by atoms with E-state index in [9.17, 15) is 13.6 Å². The quantitative estimate of drug-likeness (QED) is 0.773. The van der Waals surface area contributed by atoms with Crippen molar-refractivity contribution >= 4 is 5.91 Å². The Morgan fingerprint density at radius 1 is 1.19 bits per heavy atom. The van der Waals surface area contributed by atoms with E-state index in [1.807, 2.05) is 12.1 Å². The van der Waals surface area contributed by atoms with Gasteiger partial charge in [-0.15, -0.1) is 0 Å². The molecule has 1 aromatic carbocycles. The van der Waals surface area contributed by atoms with Crippen molar-refractivity contribution in [3.63, 3.8) is 0 Å². The Balaban J connectivity index is 1.60. The van der Waals surface area contributed by atoms with Gasteiger partial charge in [0.25, 0.3) is 0 Å². The normalized spacial score (nSPS) is 23.9. The molecule has 0 saturated carbocycles. The summed E-state index contributed by atoms with van der Waals surface area (Å²) in [6.45, 7) is 1.38. The van der Waals surface area contributed by atoms with Crippen LogP contribution in [0, 0.1) is 5.92 Å². The zero-order valence-electron chi connectivity index (χ0n) is 15.4. The molecule has 0 aromatic heterocycles. The topological polar surface area (TPSA) is 36.0 Å². The molecule has 0 radical (unpaired) electrons. The lowest BCUT2D eigenvalue weighted by Crippen LogP contribution is -2.44. The molecule has 26 heavy (non-hydrogen) atoms. The van der Waals surface area contributed by atoms with Crippen molar-refractivity contribution in [1.82, 2.24) is 14.7 Å². The first kappa shape index (κ1) is 19.0. The van der Waals surface area contributed by atoms with Crippen LogP contribution in [0.25, 0.3) is 0 Å². The predicted octanol–water partition coefficient (Wildman–Crippen LogP) is 2.27. The molecular weight excluding hydrogens is 340 g/mol. The second-order valence-corrected chi connectivity index (χ2v) is 7.53. The van der Waals surface area contributed by atoms with Crippen LogP contribution in [0.15, 0.2) is 24.3 Å². The number of piperidine rings is 1. The van der Waals surface area contributed by atoms with Gasteiger partial charge in [0.2, 0.25) is 5.91 Å². The van der Waals surface area contributed by atoms with Crippen LogP contribution in [0.2, 0.25) is 0 Å². The molecule has 4 rings (SSSR count). The van der Waals surface area contributed by atoms with Crippen LogP contribution in [0.1, 0.15) is 18.4 Å². The molecule has 1 amide bonds. The van der Waals surface area contributed by atoms with Crippen molar-refractivity contribution in [3.05, 3.63) is 29.8 Å². The number of rotatable bonds is 6. The van der Waals surface area contributed by atoms with E-state index in [4.69, 9.17) is 0 Å². The second kappa shape index (κ2) is 8.31. The van der Waals surface area contributed by atoms with Crippen LogP contribution in [-0.4, -0.2) is 73.5 Å². The summed E-state index contributed by atoms with van der Waals surface area (Å²) < 4.78 is 28.9. The third kappa shape index (κ3) is 4.92. The summed E-state index contributed by atoms with van der Waals surface area (Å²) in [6, 6.07) is 7.33. The Morgan fingerprint density at radius 2 is 1.92 bits per heavy atom. The minimum Gasteiger partial charge on any atom is -0.435 e. The van der Waals surface area contributed by atoms with Crippen LogP contribution in [-0.2, 0) is 11.3 Å². The molecule has 0 unspecified atom stereocenters. The highest BCUT2D eigenvalue weighted by atomic mass is 19.3. The number of benzene rings is 1. The number of likely N-dealkylation sites (N-methyl/N-ethyl adjacent to an activating group) is 1. The average Bonchev–Trinajstić information content (AvgIpc) is 2.86. The van der Waals surface area contributed by atoms with Gasteiger partial charge in [0.05, 0.1) is 6.54 Å². The molecule has 2 atom stereocenters. The fourth-order valence-electron chi connectivity index (χ4n) is 3.94. The molecule has 0 spiro atoms. The molecule has 0 aliphatic carbocycles. The number of hydrogen-bond acceptors (Lipinski definition) is 4. The highest BCUT2D eigenvalue weighted by Crippen LogP contribution is 2.29. The lowest BCUT2D eigenvalue weighted by molar-refractivity contribution is -0.130. The smallest absolute Gasteiger partial charge is 0.387 e. The summed E-state index contributed by atoms with van der Waals surface area (Å²) in [7, 11) is 3.59. The fourth-order valence-corrected chi connectivity index (χ4v) is 3.94. The van der Waals surface area contributed by atoms with Gasteiger partial charge in [0, 0.05) is 46.3 Å². The van der Waals surface area contributed by atoms with E-state index in [-0.39, 0.29) is 11.7 Å².